The summed E-state index contributed by atoms with van der Waals surface area (Å²) in [6.07, 6.45) is -5.61. The first-order valence-corrected chi connectivity index (χ1v) is 13.0. The lowest BCUT2D eigenvalue weighted by atomic mass is 10.1. The summed E-state index contributed by atoms with van der Waals surface area (Å²) in [7, 11) is 0. The van der Waals surface area contributed by atoms with Gasteiger partial charge in [-0.25, -0.2) is 23.7 Å². The zero-order chi connectivity index (χ0) is 29.6. The lowest BCUT2D eigenvalue weighted by Gasteiger charge is -2.24. The molecule has 1 N–H and O–H groups in total. The Bertz CT molecular complexity index is 1650. The van der Waals surface area contributed by atoms with E-state index < -0.39 is 60.3 Å². The zero-order valence-corrected chi connectivity index (χ0v) is 22.4. The van der Waals surface area contributed by atoms with Crippen LogP contribution >= 0.6 is 0 Å². The highest BCUT2D eigenvalue weighted by atomic mass is 16.7. The summed E-state index contributed by atoms with van der Waals surface area (Å²) >= 11 is 0. The van der Waals surface area contributed by atoms with Gasteiger partial charge < -0.3 is 23.9 Å². The van der Waals surface area contributed by atoms with Crippen molar-refractivity contribution in [1.29, 1.82) is 0 Å². The molecule has 0 aliphatic carbocycles. The van der Waals surface area contributed by atoms with Gasteiger partial charge in [0.05, 0.1) is 16.7 Å². The Morgan fingerprint density at radius 1 is 0.738 bits per heavy atom. The van der Waals surface area contributed by atoms with Gasteiger partial charge in [-0.15, -0.1) is 0 Å². The van der Waals surface area contributed by atoms with Crippen LogP contribution in [-0.4, -0.2) is 52.4 Å². The molecule has 42 heavy (non-hydrogen) atoms. The average molecular weight is 571 g/mol. The highest BCUT2D eigenvalue weighted by Crippen LogP contribution is 2.34. The Hall–Kier alpha value is -5.29. The van der Waals surface area contributed by atoms with Crippen LogP contribution in [0.2, 0.25) is 0 Å². The van der Waals surface area contributed by atoms with Crippen molar-refractivity contribution in [1.82, 2.24) is 9.55 Å². The van der Waals surface area contributed by atoms with Gasteiger partial charge in [-0.1, -0.05) is 54.6 Å². The van der Waals surface area contributed by atoms with Crippen LogP contribution in [0.3, 0.4) is 0 Å². The standard InChI is InChI=1S/C31H26N2O9/c1-19-17-24(34)33(31(38)32-19)27-26(42-30(37)22-15-9-4-10-16-22)25(41-29(36)21-13-7-3-8-14-21)23(40-27)18-39-28(35)20-11-5-2-6-12-20/h2-17,23,25-27H,18H2,1H3,(H,32,38)/t23-,25-,26-,27-/m1/s1. The lowest BCUT2D eigenvalue weighted by Crippen LogP contribution is -2.45. The van der Waals surface area contributed by atoms with E-state index in [9.17, 15) is 24.0 Å². The van der Waals surface area contributed by atoms with Crippen LogP contribution in [0.25, 0.3) is 0 Å². The highest BCUT2D eigenvalue weighted by molar-refractivity contribution is 5.91. The van der Waals surface area contributed by atoms with Crippen molar-refractivity contribution in [2.24, 2.45) is 0 Å². The van der Waals surface area contributed by atoms with Crippen LogP contribution in [0.4, 0.5) is 0 Å². The van der Waals surface area contributed by atoms with E-state index in [0.29, 0.717) is 5.69 Å². The molecule has 0 saturated carbocycles. The van der Waals surface area contributed by atoms with Crippen molar-refractivity contribution in [3.8, 4) is 0 Å². The summed E-state index contributed by atoms with van der Waals surface area (Å²) in [4.78, 5) is 67.5. The van der Waals surface area contributed by atoms with Crippen LogP contribution in [0.1, 0.15) is 43.0 Å². The van der Waals surface area contributed by atoms with Gasteiger partial charge in [0, 0.05) is 11.8 Å². The number of esters is 3. The second-order valence-corrected chi connectivity index (χ2v) is 9.47. The average Bonchev–Trinajstić information content (AvgIpc) is 3.32. The molecule has 4 atom stereocenters. The molecule has 1 aliphatic rings. The van der Waals surface area contributed by atoms with Gasteiger partial charge in [0.1, 0.15) is 12.7 Å². The van der Waals surface area contributed by atoms with Gasteiger partial charge in [0.25, 0.3) is 5.56 Å². The van der Waals surface area contributed by atoms with Crippen LogP contribution < -0.4 is 11.2 Å². The largest absolute Gasteiger partial charge is 0.459 e. The molecule has 0 unspecified atom stereocenters. The fourth-order valence-corrected chi connectivity index (χ4v) is 4.53. The molecular weight excluding hydrogens is 544 g/mol. The second-order valence-electron chi connectivity index (χ2n) is 9.47. The number of nitrogens with one attached hydrogen (secondary N) is 1. The van der Waals surface area contributed by atoms with E-state index in [1.807, 2.05) is 0 Å². The summed E-state index contributed by atoms with van der Waals surface area (Å²) in [6.45, 7) is 1.08. The molecule has 214 valence electrons. The maximum atomic E-state index is 13.2. The molecule has 5 rings (SSSR count). The Kier molecular flexibility index (Phi) is 8.39. The minimum atomic E-state index is -1.52. The minimum Gasteiger partial charge on any atom is -0.459 e. The molecule has 0 amide bonds. The number of rotatable bonds is 8. The van der Waals surface area contributed by atoms with Gasteiger partial charge in [-0.2, -0.15) is 0 Å². The Labute approximate surface area is 239 Å². The van der Waals surface area contributed by atoms with E-state index in [-0.39, 0.29) is 16.7 Å². The third-order valence-electron chi connectivity index (χ3n) is 6.53. The number of hydrogen-bond donors (Lipinski definition) is 1. The third-order valence-corrected chi connectivity index (χ3v) is 6.53. The smallest absolute Gasteiger partial charge is 0.338 e. The predicted molar refractivity (Wildman–Crippen MR) is 148 cm³/mol. The quantitative estimate of drug-likeness (QED) is 0.250. The first kappa shape index (κ1) is 28.2. The zero-order valence-electron chi connectivity index (χ0n) is 22.4. The molecule has 4 aromatic rings. The fraction of sp³-hybridized carbons (Fsp3) is 0.194. The topological polar surface area (TPSA) is 143 Å². The van der Waals surface area contributed by atoms with Crippen LogP contribution in [-0.2, 0) is 18.9 Å². The Morgan fingerprint density at radius 2 is 1.21 bits per heavy atom. The molecule has 0 spiro atoms. The van der Waals surface area contributed by atoms with Gasteiger partial charge in [-0.05, 0) is 43.3 Å². The molecule has 0 bridgehead atoms. The molecule has 0 radical (unpaired) electrons. The number of carbonyl (C=O) groups is 3. The van der Waals surface area contributed by atoms with Crippen LogP contribution in [0.5, 0.6) is 0 Å². The number of ether oxygens (including phenoxy) is 4. The van der Waals surface area contributed by atoms with Crippen LogP contribution in [0.15, 0.2) is 107 Å². The van der Waals surface area contributed by atoms with Crippen molar-refractivity contribution in [3.05, 3.63) is 140 Å². The number of benzene rings is 3. The summed E-state index contributed by atoms with van der Waals surface area (Å²) in [6, 6.07) is 25.4. The number of aromatic amines is 1. The molecular formula is C31H26N2O9. The molecule has 2 heterocycles. The van der Waals surface area contributed by atoms with E-state index in [2.05, 4.69) is 4.98 Å². The normalized spacial score (nSPS) is 19.5. The predicted octanol–water partition coefficient (Wildman–Crippen LogP) is 3.05. The molecule has 3 aromatic carbocycles. The SMILES string of the molecule is Cc1cc(=O)n([C@@H]2O[C@H](COC(=O)c3ccccc3)[C@@H](OC(=O)c3ccccc3)[C@H]2OC(=O)c2ccccc2)c(=O)[nH]1. The Morgan fingerprint density at radius 3 is 1.71 bits per heavy atom. The molecule has 1 aromatic heterocycles. The highest BCUT2D eigenvalue weighted by Gasteiger charge is 2.52. The van der Waals surface area contributed by atoms with E-state index in [1.165, 1.54) is 37.3 Å². The number of H-pyrrole nitrogens is 1. The molecule has 11 nitrogen and oxygen atoms in total. The maximum Gasteiger partial charge on any atom is 0.338 e. The van der Waals surface area contributed by atoms with Gasteiger partial charge in [0.2, 0.25) is 0 Å². The van der Waals surface area contributed by atoms with E-state index in [4.69, 9.17) is 18.9 Å². The molecule has 1 fully saturated rings. The Balaban J connectivity index is 1.52. The number of hydrogen-bond acceptors (Lipinski definition) is 9. The fourth-order valence-electron chi connectivity index (χ4n) is 4.53. The molecule has 1 saturated heterocycles. The maximum absolute atomic E-state index is 13.2. The summed E-state index contributed by atoms with van der Waals surface area (Å²) in [5, 5.41) is 0. The van der Waals surface area contributed by atoms with Gasteiger partial charge in [0.15, 0.2) is 18.4 Å². The van der Waals surface area contributed by atoms with E-state index in [0.717, 1.165) is 4.57 Å². The third kappa shape index (κ3) is 6.21. The number of aromatic nitrogens is 2. The lowest BCUT2D eigenvalue weighted by molar-refractivity contribution is -0.0653. The second kappa shape index (κ2) is 12.5. The van der Waals surface area contributed by atoms with Crippen molar-refractivity contribution in [3.63, 3.8) is 0 Å². The first-order valence-electron chi connectivity index (χ1n) is 13.0. The number of carbonyl (C=O) groups excluding carboxylic acids is 3. The van der Waals surface area contributed by atoms with Gasteiger partial charge >= 0.3 is 23.6 Å². The number of nitrogens with zero attached hydrogens (tertiary/aromatic N) is 1. The van der Waals surface area contributed by atoms with Crippen molar-refractivity contribution >= 4 is 17.9 Å². The van der Waals surface area contributed by atoms with Gasteiger partial charge in [-0.3, -0.25) is 4.79 Å². The van der Waals surface area contributed by atoms with E-state index in [1.54, 1.807) is 66.7 Å². The van der Waals surface area contributed by atoms with Crippen molar-refractivity contribution in [2.75, 3.05) is 6.61 Å². The van der Waals surface area contributed by atoms with E-state index >= 15 is 0 Å². The van der Waals surface area contributed by atoms with Crippen LogP contribution in [0, 0.1) is 6.92 Å². The summed E-state index contributed by atoms with van der Waals surface area (Å²) in [5.74, 6) is -2.28. The summed E-state index contributed by atoms with van der Waals surface area (Å²) < 4.78 is 23.8. The minimum absolute atomic E-state index is 0.175. The monoisotopic (exact) mass is 570 g/mol. The molecule has 11 heteroatoms. The molecule has 1 aliphatic heterocycles. The first-order chi connectivity index (χ1) is 20.3. The van der Waals surface area contributed by atoms with Crippen molar-refractivity contribution in [2.45, 2.75) is 31.5 Å². The number of aryl methyl sites for hydroxylation is 1. The summed E-state index contributed by atoms with van der Waals surface area (Å²) in [5.41, 5.74) is -0.633. The van der Waals surface area contributed by atoms with Crippen molar-refractivity contribution < 1.29 is 33.3 Å².